The molecule has 1 atom stereocenters. The van der Waals surface area contributed by atoms with E-state index in [1.54, 1.807) is 0 Å². The standard InChI is InChI=1S/C9H8INO/c10-8-4-2-1-3-7(8)9-5-6-11-12-9/h1-6,9,11H. The first kappa shape index (κ1) is 8.07. The van der Waals surface area contributed by atoms with Crippen LogP contribution in [-0.4, -0.2) is 0 Å². The van der Waals surface area contributed by atoms with E-state index in [0.717, 1.165) is 0 Å². The Hall–Kier alpha value is -0.550. The summed E-state index contributed by atoms with van der Waals surface area (Å²) in [6, 6.07) is 8.19. The van der Waals surface area contributed by atoms with Crippen molar-refractivity contribution in [3.8, 4) is 0 Å². The van der Waals surface area contributed by atoms with Gasteiger partial charge in [-0.25, -0.2) is 0 Å². The molecule has 0 aliphatic carbocycles. The van der Waals surface area contributed by atoms with Gasteiger partial charge in [-0.15, -0.1) is 0 Å². The molecule has 2 nitrogen and oxygen atoms in total. The Morgan fingerprint density at radius 1 is 1.33 bits per heavy atom. The molecule has 1 unspecified atom stereocenters. The van der Waals surface area contributed by atoms with Gasteiger partial charge in [-0.1, -0.05) is 18.2 Å². The third-order valence-electron chi connectivity index (χ3n) is 1.75. The van der Waals surface area contributed by atoms with E-state index in [0.29, 0.717) is 0 Å². The van der Waals surface area contributed by atoms with Gasteiger partial charge in [0.05, 0.1) is 0 Å². The van der Waals surface area contributed by atoms with Crippen molar-refractivity contribution >= 4 is 22.6 Å². The molecule has 2 rings (SSSR count). The van der Waals surface area contributed by atoms with Crippen LogP contribution in [0.4, 0.5) is 0 Å². The maximum atomic E-state index is 5.25. The molecule has 0 aromatic heterocycles. The fourth-order valence-electron chi connectivity index (χ4n) is 1.15. The van der Waals surface area contributed by atoms with Crippen LogP contribution < -0.4 is 5.48 Å². The second-order valence-electron chi connectivity index (χ2n) is 2.54. The molecule has 0 radical (unpaired) electrons. The summed E-state index contributed by atoms with van der Waals surface area (Å²) < 4.78 is 1.23. The second kappa shape index (κ2) is 3.45. The monoisotopic (exact) mass is 273 g/mol. The highest BCUT2D eigenvalue weighted by molar-refractivity contribution is 14.1. The van der Waals surface area contributed by atoms with Gasteiger partial charge in [0.2, 0.25) is 0 Å². The van der Waals surface area contributed by atoms with E-state index in [1.165, 1.54) is 9.13 Å². The zero-order chi connectivity index (χ0) is 8.39. The molecule has 3 heteroatoms. The van der Waals surface area contributed by atoms with Crippen LogP contribution in [0.1, 0.15) is 11.7 Å². The minimum Gasteiger partial charge on any atom is -0.274 e. The Bertz CT molecular complexity index is 311. The number of nitrogens with one attached hydrogen (secondary N) is 1. The summed E-state index contributed by atoms with van der Waals surface area (Å²) in [5.74, 6) is 0. The first-order valence-electron chi connectivity index (χ1n) is 3.70. The van der Waals surface area contributed by atoms with Crippen LogP contribution in [0.5, 0.6) is 0 Å². The first-order valence-corrected chi connectivity index (χ1v) is 4.78. The minimum atomic E-state index is 0.0677. The molecule has 0 saturated heterocycles. The molecule has 1 aromatic carbocycles. The van der Waals surface area contributed by atoms with E-state index in [9.17, 15) is 0 Å². The quantitative estimate of drug-likeness (QED) is 0.793. The van der Waals surface area contributed by atoms with Gasteiger partial charge in [0.15, 0.2) is 0 Å². The van der Waals surface area contributed by atoms with Gasteiger partial charge < -0.3 is 0 Å². The Morgan fingerprint density at radius 2 is 2.17 bits per heavy atom. The largest absolute Gasteiger partial charge is 0.274 e. The zero-order valence-corrected chi connectivity index (χ0v) is 8.49. The lowest BCUT2D eigenvalue weighted by Gasteiger charge is -2.08. The van der Waals surface area contributed by atoms with Crippen LogP contribution in [-0.2, 0) is 4.84 Å². The van der Waals surface area contributed by atoms with Crippen molar-refractivity contribution in [2.24, 2.45) is 0 Å². The number of hydrogen-bond acceptors (Lipinski definition) is 2. The highest BCUT2D eigenvalue weighted by Gasteiger charge is 2.14. The third-order valence-corrected chi connectivity index (χ3v) is 2.73. The van der Waals surface area contributed by atoms with Crippen LogP contribution >= 0.6 is 22.6 Å². The van der Waals surface area contributed by atoms with Crippen molar-refractivity contribution in [3.63, 3.8) is 0 Å². The molecule has 1 N–H and O–H groups in total. The van der Waals surface area contributed by atoms with E-state index < -0.39 is 0 Å². The number of hydroxylamine groups is 1. The molecule has 1 aliphatic rings. The number of rotatable bonds is 1. The highest BCUT2D eigenvalue weighted by Crippen LogP contribution is 2.25. The molecule has 0 amide bonds. The topological polar surface area (TPSA) is 21.3 Å². The molecule has 62 valence electrons. The van der Waals surface area contributed by atoms with Gasteiger partial charge >= 0.3 is 0 Å². The smallest absolute Gasteiger partial charge is 0.131 e. The van der Waals surface area contributed by atoms with Crippen LogP contribution in [0.3, 0.4) is 0 Å². The SMILES string of the molecule is Ic1ccccc1C1C=CNO1. The summed E-state index contributed by atoms with van der Waals surface area (Å²) in [6.07, 6.45) is 3.88. The predicted molar refractivity (Wildman–Crippen MR) is 55.3 cm³/mol. The maximum absolute atomic E-state index is 5.25. The van der Waals surface area contributed by atoms with Crippen molar-refractivity contribution in [1.29, 1.82) is 0 Å². The summed E-state index contributed by atoms with van der Waals surface area (Å²) in [7, 11) is 0. The first-order chi connectivity index (χ1) is 5.88. The number of halogens is 1. The molecule has 0 bridgehead atoms. The van der Waals surface area contributed by atoms with Gasteiger partial charge in [0, 0.05) is 15.3 Å². The fourth-order valence-corrected chi connectivity index (χ4v) is 1.85. The van der Waals surface area contributed by atoms with E-state index >= 15 is 0 Å². The highest BCUT2D eigenvalue weighted by atomic mass is 127. The second-order valence-corrected chi connectivity index (χ2v) is 3.70. The average molecular weight is 273 g/mol. The Kier molecular flexibility index (Phi) is 2.32. The van der Waals surface area contributed by atoms with Crippen LogP contribution in [0, 0.1) is 3.57 Å². The average Bonchev–Trinajstić information content (AvgIpc) is 2.57. The van der Waals surface area contributed by atoms with Crippen LogP contribution in [0.25, 0.3) is 0 Å². The van der Waals surface area contributed by atoms with Crippen molar-refractivity contribution in [1.82, 2.24) is 5.48 Å². The van der Waals surface area contributed by atoms with Crippen LogP contribution in [0.2, 0.25) is 0 Å². The molecular weight excluding hydrogens is 265 g/mol. The number of hydrogen-bond donors (Lipinski definition) is 1. The van der Waals surface area contributed by atoms with Gasteiger partial charge in [-0.2, -0.15) is 0 Å². The molecule has 1 aliphatic heterocycles. The van der Waals surface area contributed by atoms with E-state index in [2.05, 4.69) is 40.2 Å². The molecular formula is C9H8INO. The maximum Gasteiger partial charge on any atom is 0.131 e. The van der Waals surface area contributed by atoms with Gasteiger partial charge in [-0.3, -0.25) is 10.3 Å². The third kappa shape index (κ3) is 1.47. The Balaban J connectivity index is 2.33. The molecule has 0 spiro atoms. The van der Waals surface area contributed by atoms with Gasteiger partial charge in [-0.05, 0) is 34.7 Å². The van der Waals surface area contributed by atoms with Crippen molar-refractivity contribution < 1.29 is 4.84 Å². The number of benzene rings is 1. The fraction of sp³-hybridized carbons (Fsp3) is 0.111. The lowest BCUT2D eigenvalue weighted by atomic mass is 10.1. The van der Waals surface area contributed by atoms with E-state index in [-0.39, 0.29) is 6.10 Å². The summed E-state index contributed by atoms with van der Waals surface area (Å²) in [4.78, 5) is 5.25. The normalized spacial score (nSPS) is 20.9. The van der Waals surface area contributed by atoms with Crippen molar-refractivity contribution in [3.05, 3.63) is 45.7 Å². The summed E-state index contributed by atoms with van der Waals surface area (Å²) in [5, 5.41) is 0. The van der Waals surface area contributed by atoms with Gasteiger partial charge in [0.1, 0.15) is 6.10 Å². The van der Waals surface area contributed by atoms with Gasteiger partial charge in [0.25, 0.3) is 0 Å². The Morgan fingerprint density at radius 3 is 2.83 bits per heavy atom. The lowest BCUT2D eigenvalue weighted by molar-refractivity contribution is 0.0465. The summed E-state index contributed by atoms with van der Waals surface area (Å²) in [6.45, 7) is 0. The van der Waals surface area contributed by atoms with Crippen molar-refractivity contribution in [2.75, 3.05) is 0 Å². The summed E-state index contributed by atoms with van der Waals surface area (Å²) in [5.41, 5.74) is 3.92. The van der Waals surface area contributed by atoms with E-state index in [1.807, 2.05) is 24.4 Å². The Labute approximate surface area is 84.7 Å². The predicted octanol–water partition coefficient (Wildman–Crippen LogP) is 2.38. The summed E-state index contributed by atoms with van der Waals surface area (Å²) >= 11 is 2.31. The van der Waals surface area contributed by atoms with E-state index in [4.69, 9.17) is 4.84 Å². The van der Waals surface area contributed by atoms with Crippen LogP contribution in [0.15, 0.2) is 36.5 Å². The molecule has 1 aromatic rings. The molecule has 0 fully saturated rings. The minimum absolute atomic E-state index is 0.0677. The zero-order valence-electron chi connectivity index (χ0n) is 6.33. The van der Waals surface area contributed by atoms with Crippen molar-refractivity contribution in [2.45, 2.75) is 6.10 Å². The molecule has 12 heavy (non-hydrogen) atoms. The molecule has 0 saturated carbocycles. The molecule has 1 heterocycles. The lowest BCUT2D eigenvalue weighted by Crippen LogP contribution is -2.04.